The quantitative estimate of drug-likeness (QED) is 0.613. The lowest BCUT2D eigenvalue weighted by Gasteiger charge is -2.36. The maximum Gasteiger partial charge on any atom is 0.247 e. The van der Waals surface area contributed by atoms with Crippen LogP contribution in [0.3, 0.4) is 0 Å². The van der Waals surface area contributed by atoms with E-state index in [0.717, 1.165) is 16.8 Å². The molecule has 6 heteroatoms. The molecule has 0 saturated carbocycles. The highest BCUT2D eigenvalue weighted by atomic mass is 16.2. The summed E-state index contributed by atoms with van der Waals surface area (Å²) >= 11 is 0. The lowest BCUT2D eigenvalue weighted by atomic mass is 9.88. The number of para-hydroxylation sites is 2. The average Bonchev–Trinajstić information content (AvgIpc) is 3.33. The minimum atomic E-state index is -0.812. The van der Waals surface area contributed by atoms with Crippen LogP contribution in [-0.2, 0) is 14.4 Å². The maximum atomic E-state index is 13.8. The Labute approximate surface area is 197 Å². The number of fused-ring (bicyclic) bond motifs is 5. The van der Waals surface area contributed by atoms with Crippen LogP contribution in [0.5, 0.6) is 0 Å². The number of hydrogen-bond donors (Lipinski definition) is 1. The first-order valence-corrected chi connectivity index (χ1v) is 11.4. The third-order valence-corrected chi connectivity index (χ3v) is 7.02. The highest BCUT2D eigenvalue weighted by Gasteiger charge is 2.64. The Hall–Kier alpha value is -4.19. The van der Waals surface area contributed by atoms with Crippen molar-refractivity contribution in [3.63, 3.8) is 0 Å². The van der Waals surface area contributed by atoms with Crippen LogP contribution in [0.2, 0.25) is 0 Å². The molecular formula is C28H23N3O3. The number of carbonyl (C=O) groups excluding carboxylic acids is 3. The number of rotatable bonds is 3. The van der Waals surface area contributed by atoms with Crippen molar-refractivity contribution in [3.8, 4) is 0 Å². The van der Waals surface area contributed by atoms with Gasteiger partial charge >= 0.3 is 0 Å². The molecule has 6 rings (SSSR count). The highest BCUT2D eigenvalue weighted by molar-refractivity contribution is 6.25. The van der Waals surface area contributed by atoms with E-state index in [2.05, 4.69) is 5.32 Å². The predicted molar refractivity (Wildman–Crippen MR) is 131 cm³/mol. The zero-order valence-corrected chi connectivity index (χ0v) is 18.6. The van der Waals surface area contributed by atoms with Crippen LogP contribution in [0, 0.1) is 18.8 Å². The van der Waals surface area contributed by atoms with Crippen molar-refractivity contribution in [1.29, 1.82) is 0 Å². The van der Waals surface area contributed by atoms with Gasteiger partial charge in [0.05, 0.1) is 23.6 Å². The molecule has 0 bridgehead atoms. The number of benzene rings is 3. The van der Waals surface area contributed by atoms with Crippen LogP contribution in [0.25, 0.3) is 6.08 Å². The van der Waals surface area contributed by atoms with Crippen molar-refractivity contribution in [2.75, 3.05) is 15.1 Å². The molecular weight excluding hydrogens is 426 g/mol. The van der Waals surface area contributed by atoms with Gasteiger partial charge in [-0.1, -0.05) is 66.2 Å². The largest absolute Gasteiger partial charge is 0.351 e. The zero-order chi connectivity index (χ0) is 23.4. The average molecular weight is 450 g/mol. The number of nitrogens with one attached hydrogen (secondary N) is 1. The summed E-state index contributed by atoms with van der Waals surface area (Å²) in [6.07, 6.45) is 3.94. The second-order valence-corrected chi connectivity index (χ2v) is 9.01. The number of aryl methyl sites for hydroxylation is 1. The Kier molecular flexibility index (Phi) is 4.62. The van der Waals surface area contributed by atoms with E-state index in [9.17, 15) is 14.4 Å². The van der Waals surface area contributed by atoms with Gasteiger partial charge in [0.2, 0.25) is 17.7 Å². The number of anilines is 3. The smallest absolute Gasteiger partial charge is 0.247 e. The molecule has 3 aromatic rings. The van der Waals surface area contributed by atoms with Gasteiger partial charge in [0, 0.05) is 11.4 Å². The molecule has 1 N–H and O–H groups in total. The monoisotopic (exact) mass is 449 g/mol. The Morgan fingerprint density at radius 1 is 0.824 bits per heavy atom. The van der Waals surface area contributed by atoms with Gasteiger partial charge in [-0.3, -0.25) is 14.4 Å². The van der Waals surface area contributed by atoms with E-state index in [4.69, 9.17) is 0 Å². The third kappa shape index (κ3) is 2.99. The van der Waals surface area contributed by atoms with Gasteiger partial charge in [0.15, 0.2) is 0 Å². The van der Waals surface area contributed by atoms with Crippen molar-refractivity contribution < 1.29 is 14.4 Å². The second kappa shape index (κ2) is 7.70. The molecule has 6 nitrogen and oxygen atoms in total. The van der Waals surface area contributed by atoms with Crippen LogP contribution in [-0.4, -0.2) is 29.8 Å². The van der Waals surface area contributed by atoms with Gasteiger partial charge < -0.3 is 10.2 Å². The Bertz CT molecular complexity index is 1330. The minimum absolute atomic E-state index is 0.257. The number of hydrogen-bond acceptors (Lipinski definition) is 4. The lowest BCUT2D eigenvalue weighted by Crippen LogP contribution is -2.50. The number of carbonyl (C=O) groups is 3. The molecule has 0 aliphatic carbocycles. The first-order chi connectivity index (χ1) is 16.5. The molecule has 0 radical (unpaired) electrons. The molecule has 0 spiro atoms. The number of amides is 3. The number of nitrogens with zero attached hydrogens (tertiary/aromatic N) is 2. The SMILES string of the molecule is Cc1ccc(N2C(=O)[C@@H]3[C@H](C2=O)[C@H](C(=O)Nc2ccccc2)N2c4ccccc4C=C[C@H]32)cc1. The molecule has 3 amide bonds. The molecule has 4 atom stereocenters. The molecule has 0 aromatic heterocycles. The normalized spacial score (nSPS) is 24.6. The minimum Gasteiger partial charge on any atom is -0.351 e. The van der Waals surface area contributed by atoms with E-state index in [1.54, 1.807) is 12.1 Å². The van der Waals surface area contributed by atoms with Crippen molar-refractivity contribution >= 4 is 40.9 Å². The van der Waals surface area contributed by atoms with E-state index in [0.29, 0.717) is 11.4 Å². The molecule has 168 valence electrons. The molecule has 3 aromatic carbocycles. The summed E-state index contributed by atoms with van der Waals surface area (Å²) in [7, 11) is 0. The molecule has 3 aliphatic rings. The molecule has 2 saturated heterocycles. The van der Waals surface area contributed by atoms with Gasteiger partial charge in [0.1, 0.15) is 6.04 Å². The summed E-state index contributed by atoms with van der Waals surface area (Å²) in [5.41, 5.74) is 4.07. The fourth-order valence-electron chi connectivity index (χ4n) is 5.50. The van der Waals surface area contributed by atoms with Crippen LogP contribution in [0.4, 0.5) is 17.1 Å². The Morgan fingerprint density at radius 3 is 2.26 bits per heavy atom. The molecule has 0 unspecified atom stereocenters. The van der Waals surface area contributed by atoms with Crippen molar-refractivity contribution in [2.45, 2.75) is 19.0 Å². The van der Waals surface area contributed by atoms with Gasteiger partial charge in [-0.2, -0.15) is 0 Å². The van der Waals surface area contributed by atoms with E-state index in [1.165, 1.54) is 4.90 Å². The van der Waals surface area contributed by atoms with E-state index in [-0.39, 0.29) is 23.8 Å². The summed E-state index contributed by atoms with van der Waals surface area (Å²) < 4.78 is 0. The summed E-state index contributed by atoms with van der Waals surface area (Å²) in [5, 5.41) is 2.97. The lowest BCUT2D eigenvalue weighted by molar-refractivity contribution is -0.126. The van der Waals surface area contributed by atoms with Gasteiger partial charge in [-0.25, -0.2) is 4.90 Å². The standard InChI is InChI=1S/C28H23N3O3/c1-17-11-14-20(15-12-17)30-27(33)23-22-16-13-18-7-5-6-10-21(18)31(22)25(24(23)28(30)34)26(32)29-19-8-3-2-4-9-19/h2-16,22-25H,1H3,(H,29,32)/t22-,23+,24+,25-/m1/s1. The predicted octanol–water partition coefficient (Wildman–Crippen LogP) is 4.02. The van der Waals surface area contributed by atoms with E-state index < -0.39 is 17.9 Å². The van der Waals surface area contributed by atoms with Crippen molar-refractivity contribution in [2.24, 2.45) is 11.8 Å². The van der Waals surface area contributed by atoms with E-state index in [1.807, 2.05) is 90.7 Å². The fourth-order valence-corrected chi connectivity index (χ4v) is 5.50. The summed E-state index contributed by atoms with van der Waals surface area (Å²) in [4.78, 5) is 44.4. The molecule has 2 fully saturated rings. The number of imide groups is 1. The molecule has 3 aliphatic heterocycles. The summed E-state index contributed by atoms with van der Waals surface area (Å²) in [6, 6.07) is 23.1. The fraction of sp³-hybridized carbons (Fsp3) is 0.179. The Morgan fingerprint density at radius 2 is 1.50 bits per heavy atom. The van der Waals surface area contributed by atoms with Crippen LogP contribution in [0.15, 0.2) is 84.9 Å². The first kappa shape index (κ1) is 20.4. The summed E-state index contributed by atoms with van der Waals surface area (Å²) in [6.45, 7) is 1.96. The zero-order valence-electron chi connectivity index (χ0n) is 18.6. The summed E-state index contributed by atoms with van der Waals surface area (Å²) in [5.74, 6) is -2.29. The van der Waals surface area contributed by atoms with Crippen LogP contribution in [0.1, 0.15) is 11.1 Å². The van der Waals surface area contributed by atoms with Crippen LogP contribution >= 0.6 is 0 Å². The van der Waals surface area contributed by atoms with Gasteiger partial charge in [-0.15, -0.1) is 0 Å². The van der Waals surface area contributed by atoms with Gasteiger partial charge in [-0.05, 0) is 42.8 Å². The van der Waals surface area contributed by atoms with Crippen molar-refractivity contribution in [3.05, 3.63) is 96.1 Å². The topological polar surface area (TPSA) is 69.7 Å². The first-order valence-electron chi connectivity index (χ1n) is 11.4. The third-order valence-electron chi connectivity index (χ3n) is 7.02. The van der Waals surface area contributed by atoms with Gasteiger partial charge in [0.25, 0.3) is 0 Å². The van der Waals surface area contributed by atoms with E-state index >= 15 is 0 Å². The molecule has 3 heterocycles. The second-order valence-electron chi connectivity index (χ2n) is 9.01. The maximum absolute atomic E-state index is 13.8. The molecule has 34 heavy (non-hydrogen) atoms. The highest BCUT2D eigenvalue weighted by Crippen LogP contribution is 2.49. The van der Waals surface area contributed by atoms with Crippen molar-refractivity contribution in [1.82, 2.24) is 0 Å². The Balaban J connectivity index is 1.44. The van der Waals surface area contributed by atoms with Crippen LogP contribution < -0.4 is 15.1 Å².